The Kier molecular flexibility index (Phi) is 4.62. The summed E-state index contributed by atoms with van der Waals surface area (Å²) >= 11 is 0. The molecule has 122 valence electrons. The summed E-state index contributed by atoms with van der Waals surface area (Å²) in [5.41, 5.74) is 0.759. The van der Waals surface area contributed by atoms with Crippen LogP contribution in [0.5, 0.6) is 0 Å². The maximum Gasteiger partial charge on any atom is 0.246 e. The van der Waals surface area contributed by atoms with Gasteiger partial charge in [-0.1, -0.05) is 0 Å². The number of piperazine rings is 1. The predicted octanol–water partition coefficient (Wildman–Crippen LogP) is -0.146. The second-order valence-corrected chi connectivity index (χ2v) is 7.56. The number of morpholine rings is 1. The highest BCUT2D eigenvalue weighted by Crippen LogP contribution is 2.28. The molecular weight excluding hydrogens is 304 g/mol. The number of sulfonamides is 1. The lowest BCUT2D eigenvalue weighted by Gasteiger charge is -2.35. The number of hydrogen-bond donors (Lipinski definition) is 0. The lowest BCUT2D eigenvalue weighted by molar-refractivity contribution is 0.0730. The molecule has 0 spiro atoms. The summed E-state index contributed by atoms with van der Waals surface area (Å²) in [6.07, 6.45) is 3.13. The summed E-state index contributed by atoms with van der Waals surface area (Å²) in [5, 5.41) is 0. The van der Waals surface area contributed by atoms with Crippen molar-refractivity contribution in [1.29, 1.82) is 0 Å². The van der Waals surface area contributed by atoms with Gasteiger partial charge in [-0.3, -0.25) is 4.98 Å². The van der Waals surface area contributed by atoms with Crippen LogP contribution < -0.4 is 4.90 Å². The van der Waals surface area contributed by atoms with Gasteiger partial charge in [0.25, 0.3) is 0 Å². The minimum atomic E-state index is -3.52. The molecular formula is C14H22N4O3S. The van der Waals surface area contributed by atoms with Gasteiger partial charge in [0, 0.05) is 51.7 Å². The molecule has 7 nitrogen and oxygen atoms in total. The van der Waals surface area contributed by atoms with Crippen LogP contribution in [0.25, 0.3) is 0 Å². The molecule has 3 rings (SSSR count). The second kappa shape index (κ2) is 6.49. The molecule has 3 heterocycles. The summed E-state index contributed by atoms with van der Waals surface area (Å²) in [7, 11) is -1.44. The van der Waals surface area contributed by atoms with E-state index in [-0.39, 0.29) is 0 Å². The Morgan fingerprint density at radius 2 is 1.77 bits per heavy atom. The van der Waals surface area contributed by atoms with Crippen molar-refractivity contribution in [2.45, 2.75) is 4.90 Å². The van der Waals surface area contributed by atoms with E-state index < -0.39 is 10.0 Å². The quantitative estimate of drug-likeness (QED) is 0.770. The van der Waals surface area contributed by atoms with E-state index in [2.05, 4.69) is 21.8 Å². The van der Waals surface area contributed by atoms with Gasteiger partial charge in [-0.05, 0) is 13.1 Å². The van der Waals surface area contributed by atoms with Crippen molar-refractivity contribution in [3.05, 3.63) is 18.5 Å². The van der Waals surface area contributed by atoms with Crippen molar-refractivity contribution in [3.63, 3.8) is 0 Å². The highest BCUT2D eigenvalue weighted by Gasteiger charge is 2.30. The highest BCUT2D eigenvalue weighted by atomic mass is 32.2. The Balaban J connectivity index is 1.90. The summed E-state index contributed by atoms with van der Waals surface area (Å²) in [6, 6.07) is 1.80. The standard InChI is InChI=1S/C14H22N4O3S/c1-16-4-6-17(7-5-16)13-2-3-15-12-14(13)22(19,20)18-8-10-21-11-9-18/h2-3,12H,4-11H2,1H3. The third-order valence-electron chi connectivity index (χ3n) is 4.19. The first-order valence-electron chi connectivity index (χ1n) is 7.54. The van der Waals surface area contributed by atoms with E-state index in [4.69, 9.17) is 4.74 Å². The topological polar surface area (TPSA) is 66.0 Å². The molecule has 0 amide bonds. The van der Waals surface area contributed by atoms with Crippen LogP contribution in [0.15, 0.2) is 23.4 Å². The van der Waals surface area contributed by atoms with Gasteiger partial charge in [0.15, 0.2) is 0 Å². The molecule has 1 aromatic heterocycles. The van der Waals surface area contributed by atoms with Crippen molar-refractivity contribution >= 4 is 15.7 Å². The van der Waals surface area contributed by atoms with Gasteiger partial charge in [-0.15, -0.1) is 0 Å². The monoisotopic (exact) mass is 326 g/mol. The van der Waals surface area contributed by atoms with Crippen LogP contribution in [0.1, 0.15) is 0 Å². The Hall–Kier alpha value is -1.22. The Morgan fingerprint density at radius 3 is 2.45 bits per heavy atom. The molecule has 2 fully saturated rings. The van der Waals surface area contributed by atoms with Gasteiger partial charge in [0.2, 0.25) is 10.0 Å². The molecule has 1 aromatic rings. The fourth-order valence-corrected chi connectivity index (χ4v) is 4.37. The number of rotatable bonds is 3. The molecule has 0 unspecified atom stereocenters. The van der Waals surface area contributed by atoms with Crippen LogP contribution in [-0.2, 0) is 14.8 Å². The molecule has 0 bridgehead atoms. The molecule has 2 aliphatic heterocycles. The summed E-state index contributed by atoms with van der Waals surface area (Å²) in [5.74, 6) is 0. The first kappa shape index (κ1) is 15.7. The van der Waals surface area contributed by atoms with Crippen molar-refractivity contribution in [3.8, 4) is 0 Å². The molecule has 0 saturated carbocycles. The Bertz CT molecular complexity index is 608. The molecule has 8 heteroatoms. The minimum Gasteiger partial charge on any atom is -0.379 e. The first-order chi connectivity index (χ1) is 10.6. The van der Waals surface area contributed by atoms with Crippen molar-refractivity contribution < 1.29 is 13.2 Å². The van der Waals surface area contributed by atoms with Gasteiger partial charge >= 0.3 is 0 Å². The maximum atomic E-state index is 12.9. The summed E-state index contributed by atoms with van der Waals surface area (Å²) in [4.78, 5) is 8.73. The Morgan fingerprint density at radius 1 is 1.09 bits per heavy atom. The van der Waals surface area contributed by atoms with Gasteiger partial charge < -0.3 is 14.5 Å². The zero-order chi connectivity index (χ0) is 15.6. The third kappa shape index (κ3) is 3.10. The van der Waals surface area contributed by atoms with Crippen LogP contribution in [0.2, 0.25) is 0 Å². The van der Waals surface area contributed by atoms with Gasteiger partial charge in [0.05, 0.1) is 18.9 Å². The Labute approximate surface area is 131 Å². The predicted molar refractivity (Wildman–Crippen MR) is 83.5 cm³/mol. The zero-order valence-corrected chi connectivity index (χ0v) is 13.6. The molecule has 0 aliphatic carbocycles. The summed E-state index contributed by atoms with van der Waals surface area (Å²) in [6.45, 7) is 5.21. The van der Waals surface area contributed by atoms with E-state index in [1.165, 1.54) is 10.5 Å². The van der Waals surface area contributed by atoms with Crippen LogP contribution in [0, 0.1) is 0 Å². The van der Waals surface area contributed by atoms with Gasteiger partial charge in [0.1, 0.15) is 4.90 Å². The van der Waals surface area contributed by atoms with E-state index >= 15 is 0 Å². The van der Waals surface area contributed by atoms with Crippen LogP contribution >= 0.6 is 0 Å². The first-order valence-corrected chi connectivity index (χ1v) is 8.98. The van der Waals surface area contributed by atoms with Crippen LogP contribution in [-0.4, -0.2) is 82.1 Å². The number of pyridine rings is 1. The average molecular weight is 326 g/mol. The SMILES string of the molecule is CN1CCN(c2ccncc2S(=O)(=O)N2CCOCC2)CC1. The molecule has 0 N–H and O–H groups in total. The van der Waals surface area contributed by atoms with E-state index in [9.17, 15) is 8.42 Å². The fraction of sp³-hybridized carbons (Fsp3) is 0.643. The molecule has 22 heavy (non-hydrogen) atoms. The molecule has 0 aromatic carbocycles. The lowest BCUT2D eigenvalue weighted by atomic mass is 10.3. The van der Waals surface area contributed by atoms with Crippen LogP contribution in [0.3, 0.4) is 0 Å². The summed E-state index contributed by atoms with van der Waals surface area (Å²) < 4.78 is 32.6. The number of likely N-dealkylation sites (N-methyl/N-ethyl adjacent to an activating group) is 1. The van der Waals surface area contributed by atoms with E-state index in [1.54, 1.807) is 12.3 Å². The highest BCUT2D eigenvalue weighted by molar-refractivity contribution is 7.89. The average Bonchev–Trinajstić information content (AvgIpc) is 2.56. The zero-order valence-electron chi connectivity index (χ0n) is 12.8. The molecule has 0 atom stereocenters. The van der Waals surface area contributed by atoms with E-state index in [0.717, 1.165) is 31.9 Å². The normalized spacial score (nSPS) is 22.0. The number of hydrogen-bond acceptors (Lipinski definition) is 6. The molecule has 0 radical (unpaired) electrons. The minimum absolute atomic E-state index is 0.307. The van der Waals surface area contributed by atoms with E-state index in [1.807, 2.05) is 0 Å². The fourth-order valence-electron chi connectivity index (χ4n) is 2.81. The van der Waals surface area contributed by atoms with Crippen molar-refractivity contribution in [1.82, 2.24) is 14.2 Å². The third-order valence-corrected chi connectivity index (χ3v) is 6.11. The second-order valence-electron chi connectivity index (χ2n) is 5.65. The molecule has 2 saturated heterocycles. The number of ether oxygens (including phenoxy) is 1. The van der Waals surface area contributed by atoms with Crippen molar-refractivity contribution in [2.75, 3.05) is 64.4 Å². The molecule has 2 aliphatic rings. The smallest absolute Gasteiger partial charge is 0.246 e. The van der Waals surface area contributed by atoms with Crippen molar-refractivity contribution in [2.24, 2.45) is 0 Å². The largest absolute Gasteiger partial charge is 0.379 e. The van der Waals surface area contributed by atoms with Crippen LogP contribution in [0.4, 0.5) is 5.69 Å². The lowest BCUT2D eigenvalue weighted by Crippen LogP contribution is -2.46. The van der Waals surface area contributed by atoms with Gasteiger partial charge in [-0.2, -0.15) is 4.31 Å². The number of anilines is 1. The maximum absolute atomic E-state index is 12.9. The van der Waals surface area contributed by atoms with E-state index in [0.29, 0.717) is 31.2 Å². The van der Waals surface area contributed by atoms with Gasteiger partial charge in [-0.25, -0.2) is 8.42 Å². The number of aromatic nitrogens is 1. The number of nitrogens with zero attached hydrogens (tertiary/aromatic N) is 4.